The van der Waals surface area contributed by atoms with E-state index in [0.717, 1.165) is 38.5 Å². The second kappa shape index (κ2) is 62.0. The Hall–Kier alpha value is 0.480. The molecule has 0 saturated heterocycles. The average molecular weight is 1160 g/mol. The first-order valence-corrected chi connectivity index (χ1v) is 33.0. The summed E-state index contributed by atoms with van der Waals surface area (Å²) in [7, 11) is -13.5. The van der Waals surface area contributed by atoms with Gasteiger partial charge < -0.3 is 13.7 Å². The van der Waals surface area contributed by atoms with Crippen LogP contribution in [0, 0.1) is 0 Å². The third kappa shape index (κ3) is 85.2. The van der Waals surface area contributed by atoms with Crippen LogP contribution in [0.15, 0.2) is 0 Å². The van der Waals surface area contributed by atoms with Crippen molar-refractivity contribution < 1.29 is 51.5 Å². The van der Waals surface area contributed by atoms with E-state index < -0.39 is 31.2 Å². The molecule has 0 N–H and O–H groups in total. The second-order valence-corrected chi connectivity index (χ2v) is 22.8. The summed E-state index contributed by atoms with van der Waals surface area (Å²) in [6.45, 7) is 6.88. The molecule has 0 aliphatic carbocycles. The predicted octanol–water partition coefficient (Wildman–Crippen LogP) is 16.8. The van der Waals surface area contributed by atoms with Crippen LogP contribution in [0.5, 0.6) is 0 Å². The predicted molar refractivity (Wildman–Crippen MR) is 291 cm³/mol. The number of hydrogen-bond acceptors (Lipinski definition) is 12. The van der Waals surface area contributed by atoms with Crippen molar-refractivity contribution in [1.29, 1.82) is 0 Å². The topological polar surface area (TPSA) is 199 Å². The Kier molecular flexibility index (Phi) is 68.2. The summed E-state index contributed by atoms with van der Waals surface area (Å²) in [4.78, 5) is 0. The van der Waals surface area contributed by atoms with Gasteiger partial charge in [-0.1, -0.05) is 310 Å². The maximum Gasteiger partial charge on any atom is 3.00 e. The molecule has 0 radical (unpaired) electrons. The summed E-state index contributed by atoms with van der Waals surface area (Å²) in [5, 5.41) is 0. The summed E-state index contributed by atoms with van der Waals surface area (Å²) in [6.07, 6.45) is 60.9. The minimum Gasteiger partial charge on any atom is -0.726 e. The standard InChI is InChI=1S/3C18H38O4S.In/c3*1-2-3-4-5-6-7-8-9-10-11-12-13-14-15-16-17-18-22-23(19,20)21;/h3*2-18H2,1H3,(H,19,20,21);/q;;;+3/p-3. The molecule has 0 unspecified atom stereocenters. The Morgan fingerprint density at radius 1 is 0.214 bits per heavy atom. The van der Waals surface area contributed by atoms with Crippen molar-refractivity contribution in [3.05, 3.63) is 0 Å². The molecule has 0 spiro atoms. The molecule has 0 atom stereocenters. The van der Waals surface area contributed by atoms with E-state index in [4.69, 9.17) is 0 Å². The van der Waals surface area contributed by atoms with Gasteiger partial charge in [0.1, 0.15) is 0 Å². The first kappa shape index (κ1) is 77.0. The quantitative estimate of drug-likeness (QED) is 0.0317. The molecule has 0 aromatic carbocycles. The van der Waals surface area contributed by atoms with Gasteiger partial charge >= 0.3 is 25.8 Å². The van der Waals surface area contributed by atoms with Crippen LogP contribution >= 0.6 is 0 Å². The largest absolute Gasteiger partial charge is 3.00 e. The zero-order chi connectivity index (χ0) is 51.7. The first-order chi connectivity index (χ1) is 33.2. The van der Waals surface area contributed by atoms with E-state index in [-0.39, 0.29) is 45.7 Å². The van der Waals surface area contributed by atoms with Crippen molar-refractivity contribution in [2.24, 2.45) is 0 Å². The SMILES string of the molecule is CCCCCCCCCCCCCCCCCCOS(=O)(=O)[O-].CCCCCCCCCCCCCCCCCCOS(=O)(=O)[O-].CCCCCCCCCCCCCCCCCCOS(=O)(=O)[O-].[In+3]. The minimum atomic E-state index is -4.49. The molecule has 70 heavy (non-hydrogen) atoms. The summed E-state index contributed by atoms with van der Waals surface area (Å²) in [5.74, 6) is 0. The Balaban J connectivity index is -0.000000463. The van der Waals surface area contributed by atoms with Crippen LogP contribution in [0.25, 0.3) is 0 Å². The molecule has 420 valence electrons. The maximum absolute atomic E-state index is 10.2. The van der Waals surface area contributed by atoms with E-state index in [1.165, 1.54) is 250 Å². The molecule has 0 heterocycles. The van der Waals surface area contributed by atoms with Crippen LogP contribution in [0.4, 0.5) is 0 Å². The van der Waals surface area contributed by atoms with Gasteiger partial charge in [-0.05, 0) is 19.3 Å². The van der Waals surface area contributed by atoms with Crippen LogP contribution in [0.1, 0.15) is 329 Å². The fourth-order valence-corrected chi connectivity index (χ4v) is 9.40. The third-order valence-corrected chi connectivity index (χ3v) is 14.0. The van der Waals surface area contributed by atoms with Crippen molar-refractivity contribution in [1.82, 2.24) is 0 Å². The number of unbranched alkanes of at least 4 members (excludes halogenated alkanes) is 45. The fourth-order valence-electron chi connectivity index (χ4n) is 8.43. The zero-order valence-corrected chi connectivity index (χ0v) is 51.5. The molecule has 0 rings (SSSR count). The van der Waals surface area contributed by atoms with E-state index in [9.17, 15) is 38.9 Å². The van der Waals surface area contributed by atoms with Crippen LogP contribution in [0.2, 0.25) is 0 Å². The van der Waals surface area contributed by atoms with Crippen LogP contribution < -0.4 is 0 Å². The van der Waals surface area contributed by atoms with Gasteiger partial charge in [-0.25, -0.2) is 25.3 Å². The molecule has 16 heteroatoms. The summed E-state index contributed by atoms with van der Waals surface area (Å²) in [6, 6.07) is 0. The molecular weight excluding hydrogens is 1050 g/mol. The number of rotatable bonds is 54. The van der Waals surface area contributed by atoms with Gasteiger partial charge in [-0.3, -0.25) is 12.5 Å². The molecular formula is C54H111InO12S3. The van der Waals surface area contributed by atoms with Gasteiger partial charge in [-0.2, -0.15) is 0 Å². The Morgan fingerprint density at radius 2 is 0.314 bits per heavy atom. The van der Waals surface area contributed by atoms with Crippen molar-refractivity contribution in [3.63, 3.8) is 0 Å². The average Bonchev–Trinajstić information content (AvgIpc) is 3.29. The molecule has 0 aliphatic rings. The molecule has 0 saturated carbocycles. The minimum absolute atomic E-state index is 0. The van der Waals surface area contributed by atoms with Crippen LogP contribution in [-0.4, -0.2) is 84.6 Å². The monoisotopic (exact) mass is 1160 g/mol. The Bertz CT molecular complexity index is 1150. The molecule has 0 aliphatic heterocycles. The van der Waals surface area contributed by atoms with Gasteiger partial charge in [0.15, 0.2) is 0 Å². The van der Waals surface area contributed by atoms with Crippen molar-refractivity contribution in [3.8, 4) is 0 Å². The van der Waals surface area contributed by atoms with E-state index in [2.05, 4.69) is 33.3 Å². The molecule has 12 nitrogen and oxygen atoms in total. The Morgan fingerprint density at radius 3 is 0.414 bits per heavy atom. The van der Waals surface area contributed by atoms with Crippen LogP contribution in [0.3, 0.4) is 0 Å². The van der Waals surface area contributed by atoms with Gasteiger partial charge in [0.05, 0.1) is 19.8 Å². The van der Waals surface area contributed by atoms with Crippen LogP contribution in [-0.2, 0) is 43.7 Å². The summed E-state index contributed by atoms with van der Waals surface area (Å²) in [5.41, 5.74) is 0. The maximum atomic E-state index is 10.2. The molecule has 0 bridgehead atoms. The smallest absolute Gasteiger partial charge is 0.726 e. The fraction of sp³-hybridized carbons (Fsp3) is 1.00. The molecule has 0 aromatic rings. The van der Waals surface area contributed by atoms with E-state index in [1.54, 1.807) is 0 Å². The second-order valence-electron chi connectivity index (χ2n) is 19.6. The number of hydrogen-bond donors (Lipinski definition) is 0. The molecule has 0 aromatic heterocycles. The van der Waals surface area contributed by atoms with Gasteiger partial charge in [0.2, 0.25) is 31.2 Å². The van der Waals surface area contributed by atoms with E-state index in [0.29, 0.717) is 19.3 Å². The molecule has 0 amide bonds. The summed E-state index contributed by atoms with van der Waals surface area (Å²) < 4.78 is 104. The third-order valence-electron chi connectivity index (χ3n) is 12.7. The van der Waals surface area contributed by atoms with Crippen molar-refractivity contribution in [2.75, 3.05) is 19.8 Å². The van der Waals surface area contributed by atoms with E-state index in [1.807, 2.05) is 0 Å². The summed E-state index contributed by atoms with van der Waals surface area (Å²) >= 11 is 0. The molecule has 0 fully saturated rings. The van der Waals surface area contributed by atoms with Crippen molar-refractivity contribution in [2.45, 2.75) is 329 Å². The first-order valence-electron chi connectivity index (χ1n) is 29.0. The zero-order valence-electron chi connectivity index (χ0n) is 45.8. The normalized spacial score (nSPS) is 11.7. The van der Waals surface area contributed by atoms with E-state index >= 15 is 0 Å². The Labute approximate surface area is 454 Å². The van der Waals surface area contributed by atoms with Gasteiger partial charge in [0.25, 0.3) is 0 Å². The van der Waals surface area contributed by atoms with Crippen molar-refractivity contribution >= 4 is 57.0 Å². The van der Waals surface area contributed by atoms with Gasteiger partial charge in [-0.15, -0.1) is 0 Å². The van der Waals surface area contributed by atoms with Gasteiger partial charge in [0, 0.05) is 0 Å².